The van der Waals surface area contributed by atoms with Gasteiger partial charge in [0.25, 0.3) is 0 Å². The molecule has 1 aromatic rings. The lowest BCUT2D eigenvalue weighted by Crippen LogP contribution is -2.21. The monoisotopic (exact) mass is 238 g/mol. The molecule has 92 valence electrons. The second-order valence-corrected chi connectivity index (χ2v) is 3.39. The fourth-order valence-corrected chi connectivity index (χ4v) is 1.41. The van der Waals surface area contributed by atoms with Crippen molar-refractivity contribution >= 4 is 5.97 Å². The Morgan fingerprint density at radius 3 is 2.88 bits per heavy atom. The van der Waals surface area contributed by atoms with E-state index in [1.807, 2.05) is 6.92 Å². The van der Waals surface area contributed by atoms with Crippen molar-refractivity contribution < 1.29 is 23.7 Å². The van der Waals surface area contributed by atoms with E-state index in [9.17, 15) is 4.79 Å². The van der Waals surface area contributed by atoms with E-state index < -0.39 is 6.48 Å². The van der Waals surface area contributed by atoms with Crippen LogP contribution in [0.15, 0.2) is 18.2 Å². The van der Waals surface area contributed by atoms with Crippen molar-refractivity contribution in [1.82, 2.24) is 0 Å². The average Bonchev–Trinajstić information content (AvgIpc) is 2.73. The number of hydrogen-bond acceptors (Lipinski definition) is 5. The van der Waals surface area contributed by atoms with Gasteiger partial charge in [-0.15, -0.1) is 0 Å². The highest BCUT2D eigenvalue weighted by molar-refractivity contribution is 5.73. The molecule has 0 saturated heterocycles. The van der Waals surface area contributed by atoms with Crippen molar-refractivity contribution in [2.24, 2.45) is 0 Å². The van der Waals surface area contributed by atoms with E-state index in [2.05, 4.69) is 0 Å². The third-order valence-electron chi connectivity index (χ3n) is 2.20. The number of carbonyl (C=O) groups is 1. The summed E-state index contributed by atoms with van der Waals surface area (Å²) in [5.74, 6) is 0.969. The number of carbonyl (C=O) groups excluding carboxylic acids is 1. The third-order valence-corrected chi connectivity index (χ3v) is 2.20. The molecule has 0 amide bonds. The van der Waals surface area contributed by atoms with Crippen molar-refractivity contribution in [2.75, 3.05) is 6.61 Å². The van der Waals surface area contributed by atoms with E-state index in [4.69, 9.17) is 18.9 Å². The van der Waals surface area contributed by atoms with Gasteiger partial charge in [0.05, 0.1) is 6.61 Å². The maximum absolute atomic E-state index is 11.2. The lowest BCUT2D eigenvalue weighted by Gasteiger charge is -2.09. The summed E-state index contributed by atoms with van der Waals surface area (Å²) in [6.07, 6.45) is 0.305. The van der Waals surface area contributed by atoms with Crippen LogP contribution < -0.4 is 14.2 Å². The van der Waals surface area contributed by atoms with Crippen LogP contribution in [0, 0.1) is 0 Å². The van der Waals surface area contributed by atoms with Crippen LogP contribution in [-0.4, -0.2) is 19.1 Å². The second kappa shape index (κ2) is 5.05. The van der Waals surface area contributed by atoms with E-state index in [-0.39, 0.29) is 5.97 Å². The van der Waals surface area contributed by atoms with E-state index in [0.29, 0.717) is 30.3 Å². The standard InChI is InChI=1S/C12H14O5/c1-3-10(13)15-8-6-5-7-9-11(8)17-12(16-9)14-4-2/h5-7,12H,3-4H2,1-2H3. The van der Waals surface area contributed by atoms with Crippen molar-refractivity contribution in [1.29, 1.82) is 0 Å². The zero-order valence-corrected chi connectivity index (χ0v) is 9.76. The molecule has 1 aliphatic heterocycles. The molecule has 0 spiro atoms. The van der Waals surface area contributed by atoms with Gasteiger partial charge in [0.1, 0.15) is 0 Å². The van der Waals surface area contributed by atoms with Gasteiger partial charge in [-0.2, -0.15) is 0 Å². The molecule has 1 atom stereocenters. The topological polar surface area (TPSA) is 54.0 Å². The minimum Gasteiger partial charge on any atom is -0.428 e. The normalized spacial score (nSPS) is 16.9. The summed E-state index contributed by atoms with van der Waals surface area (Å²) in [6.45, 7) is 3.28. The van der Waals surface area contributed by atoms with Gasteiger partial charge in [0.2, 0.25) is 5.75 Å². The molecule has 2 rings (SSSR count). The van der Waals surface area contributed by atoms with Gasteiger partial charge in [-0.3, -0.25) is 4.79 Å². The minimum atomic E-state index is -0.767. The van der Waals surface area contributed by atoms with Crippen LogP contribution in [0.3, 0.4) is 0 Å². The number of esters is 1. The van der Waals surface area contributed by atoms with Crippen LogP contribution in [0.25, 0.3) is 0 Å². The minimum absolute atomic E-state index is 0.305. The smallest absolute Gasteiger partial charge is 0.361 e. The molecule has 17 heavy (non-hydrogen) atoms. The van der Waals surface area contributed by atoms with Gasteiger partial charge >= 0.3 is 12.4 Å². The summed E-state index contributed by atoms with van der Waals surface area (Å²) in [7, 11) is 0. The van der Waals surface area contributed by atoms with Crippen molar-refractivity contribution in [2.45, 2.75) is 26.7 Å². The van der Waals surface area contributed by atoms with Crippen LogP contribution in [0.2, 0.25) is 0 Å². The molecule has 0 N–H and O–H groups in total. The van der Waals surface area contributed by atoms with Gasteiger partial charge in [-0.1, -0.05) is 13.0 Å². The molecule has 0 aliphatic carbocycles. The molecule has 0 bridgehead atoms. The van der Waals surface area contributed by atoms with E-state index >= 15 is 0 Å². The SMILES string of the molecule is CCOC1Oc2cccc(OC(=O)CC)c2O1. The highest BCUT2D eigenvalue weighted by Gasteiger charge is 2.28. The Hall–Kier alpha value is -1.75. The molecule has 5 heteroatoms. The zero-order chi connectivity index (χ0) is 12.3. The highest BCUT2D eigenvalue weighted by Crippen LogP contribution is 2.42. The maximum Gasteiger partial charge on any atom is 0.361 e. The zero-order valence-electron chi connectivity index (χ0n) is 9.76. The van der Waals surface area contributed by atoms with Gasteiger partial charge in [-0.25, -0.2) is 0 Å². The Balaban J connectivity index is 2.16. The lowest BCUT2D eigenvalue weighted by atomic mass is 10.3. The molecular formula is C12H14O5. The maximum atomic E-state index is 11.2. The van der Waals surface area contributed by atoms with E-state index in [1.165, 1.54) is 0 Å². The summed E-state index contributed by atoms with van der Waals surface area (Å²) in [6, 6.07) is 5.12. The molecule has 1 unspecified atom stereocenters. The molecule has 0 radical (unpaired) electrons. The second-order valence-electron chi connectivity index (χ2n) is 3.39. The Morgan fingerprint density at radius 2 is 2.18 bits per heavy atom. The Bertz CT molecular complexity index is 415. The predicted octanol–water partition coefficient (Wildman–Crippen LogP) is 2.09. The summed E-state index contributed by atoms with van der Waals surface area (Å²) in [5, 5.41) is 0. The molecule has 1 heterocycles. The Morgan fingerprint density at radius 1 is 1.35 bits per heavy atom. The van der Waals surface area contributed by atoms with Gasteiger partial charge in [-0.05, 0) is 19.1 Å². The first-order valence-corrected chi connectivity index (χ1v) is 5.53. The fraction of sp³-hybridized carbons (Fsp3) is 0.417. The van der Waals surface area contributed by atoms with Crippen molar-refractivity contribution in [3.8, 4) is 17.2 Å². The number of para-hydroxylation sites is 1. The number of ether oxygens (including phenoxy) is 4. The first-order valence-electron chi connectivity index (χ1n) is 5.53. The molecular weight excluding hydrogens is 224 g/mol. The highest BCUT2D eigenvalue weighted by atomic mass is 16.9. The first kappa shape index (κ1) is 11.7. The fourth-order valence-electron chi connectivity index (χ4n) is 1.41. The predicted molar refractivity (Wildman–Crippen MR) is 59.0 cm³/mol. The number of benzene rings is 1. The van der Waals surface area contributed by atoms with Crippen LogP contribution >= 0.6 is 0 Å². The largest absolute Gasteiger partial charge is 0.428 e. The summed E-state index contributed by atoms with van der Waals surface area (Å²) in [5.41, 5.74) is 0. The Labute approximate surface area is 99.2 Å². The molecule has 1 aromatic carbocycles. The number of hydrogen-bond donors (Lipinski definition) is 0. The van der Waals surface area contributed by atoms with Gasteiger partial charge in [0.15, 0.2) is 11.5 Å². The molecule has 0 aromatic heterocycles. The third kappa shape index (κ3) is 2.50. The van der Waals surface area contributed by atoms with Crippen molar-refractivity contribution in [3.63, 3.8) is 0 Å². The van der Waals surface area contributed by atoms with E-state index in [1.54, 1.807) is 25.1 Å². The molecule has 1 aliphatic rings. The van der Waals surface area contributed by atoms with Gasteiger partial charge < -0.3 is 18.9 Å². The van der Waals surface area contributed by atoms with Crippen molar-refractivity contribution in [3.05, 3.63) is 18.2 Å². The van der Waals surface area contributed by atoms with Crippen LogP contribution in [0.5, 0.6) is 17.2 Å². The molecule has 0 saturated carbocycles. The van der Waals surface area contributed by atoms with E-state index in [0.717, 1.165) is 0 Å². The van der Waals surface area contributed by atoms with Crippen LogP contribution in [0.4, 0.5) is 0 Å². The average molecular weight is 238 g/mol. The summed E-state index contributed by atoms with van der Waals surface area (Å²) < 4.78 is 21.1. The summed E-state index contributed by atoms with van der Waals surface area (Å²) in [4.78, 5) is 11.2. The quantitative estimate of drug-likeness (QED) is 0.594. The number of rotatable bonds is 4. The summed E-state index contributed by atoms with van der Waals surface area (Å²) >= 11 is 0. The lowest BCUT2D eigenvalue weighted by molar-refractivity contribution is -0.174. The van der Waals surface area contributed by atoms with Gasteiger partial charge in [0, 0.05) is 6.42 Å². The first-order chi connectivity index (χ1) is 8.24. The molecule has 5 nitrogen and oxygen atoms in total. The molecule has 0 fully saturated rings. The Kier molecular flexibility index (Phi) is 3.49. The van der Waals surface area contributed by atoms with Crippen LogP contribution in [0.1, 0.15) is 20.3 Å². The number of fused-ring (bicyclic) bond motifs is 1. The van der Waals surface area contributed by atoms with Crippen LogP contribution in [-0.2, 0) is 9.53 Å².